The molecule has 0 fully saturated rings. The largest absolute Gasteiger partial charge is 0.498 e. The summed E-state index contributed by atoms with van der Waals surface area (Å²) in [4.78, 5) is 0. The molecule has 1 nitrogen and oxygen atoms in total. The lowest BCUT2D eigenvalue weighted by Gasteiger charge is -1.95. The van der Waals surface area contributed by atoms with Crippen LogP contribution in [0.25, 0.3) is 0 Å². The van der Waals surface area contributed by atoms with Crippen molar-refractivity contribution in [3.05, 3.63) is 11.8 Å². The molecule has 1 heteroatoms. The molecule has 0 saturated carbocycles. The molecule has 0 aromatic rings. The molecule has 0 spiro atoms. The molecule has 0 unspecified atom stereocenters. The van der Waals surface area contributed by atoms with E-state index in [-0.39, 0.29) is 0 Å². The van der Waals surface area contributed by atoms with E-state index in [1.807, 2.05) is 0 Å². The van der Waals surface area contributed by atoms with E-state index in [4.69, 9.17) is 4.74 Å². The van der Waals surface area contributed by atoms with E-state index >= 15 is 0 Å². The van der Waals surface area contributed by atoms with Crippen LogP contribution in [0.3, 0.4) is 0 Å². The van der Waals surface area contributed by atoms with Gasteiger partial charge in [0.25, 0.3) is 0 Å². The van der Waals surface area contributed by atoms with Gasteiger partial charge < -0.3 is 4.74 Å². The monoisotopic (exact) mass is 98.1 g/mol. The molecule has 1 aliphatic rings. The van der Waals surface area contributed by atoms with Gasteiger partial charge in [-0.05, 0) is 6.08 Å². The van der Waals surface area contributed by atoms with Gasteiger partial charge in [-0.2, -0.15) is 0 Å². The lowest BCUT2D eigenvalue weighted by molar-refractivity contribution is 0.237. The highest BCUT2D eigenvalue weighted by Crippen LogP contribution is 2.10. The van der Waals surface area contributed by atoms with Crippen LogP contribution in [0.15, 0.2) is 11.8 Å². The van der Waals surface area contributed by atoms with Crippen LogP contribution in [0.5, 0.6) is 0 Å². The van der Waals surface area contributed by atoms with Gasteiger partial charge in [0, 0.05) is 12.8 Å². The molecule has 0 bridgehead atoms. The summed E-state index contributed by atoms with van der Waals surface area (Å²) in [6.07, 6.45) is 4.32. The Morgan fingerprint density at radius 3 is 3.00 bits per heavy atom. The second-order valence-electron chi connectivity index (χ2n) is 1.66. The zero-order valence-electron chi connectivity index (χ0n) is 4.61. The summed E-state index contributed by atoms with van der Waals surface area (Å²) in [5, 5.41) is 0. The lowest BCUT2D eigenvalue weighted by atomic mass is 10.3. The summed E-state index contributed by atoms with van der Waals surface area (Å²) in [6, 6.07) is 0. The van der Waals surface area contributed by atoms with Crippen LogP contribution < -0.4 is 0 Å². The fourth-order valence-electron chi connectivity index (χ4n) is 0.715. The van der Waals surface area contributed by atoms with Crippen molar-refractivity contribution in [2.45, 2.75) is 19.8 Å². The van der Waals surface area contributed by atoms with E-state index < -0.39 is 0 Å². The SMILES string of the molecule is CCC1=CCCO1. The Morgan fingerprint density at radius 1 is 1.86 bits per heavy atom. The van der Waals surface area contributed by atoms with Crippen molar-refractivity contribution in [1.82, 2.24) is 0 Å². The third-order valence-corrected chi connectivity index (χ3v) is 1.13. The molecule has 0 saturated heterocycles. The van der Waals surface area contributed by atoms with Gasteiger partial charge in [-0.15, -0.1) is 0 Å². The lowest BCUT2D eigenvalue weighted by Crippen LogP contribution is -1.80. The second kappa shape index (κ2) is 2.01. The Hall–Kier alpha value is -0.460. The van der Waals surface area contributed by atoms with E-state index in [2.05, 4.69) is 13.0 Å². The molecular weight excluding hydrogens is 88.1 g/mol. The predicted molar refractivity (Wildman–Crippen MR) is 28.9 cm³/mol. The van der Waals surface area contributed by atoms with Gasteiger partial charge in [0.15, 0.2) is 0 Å². The van der Waals surface area contributed by atoms with Gasteiger partial charge in [0.05, 0.1) is 12.4 Å². The van der Waals surface area contributed by atoms with E-state index in [9.17, 15) is 0 Å². The zero-order chi connectivity index (χ0) is 5.11. The van der Waals surface area contributed by atoms with Gasteiger partial charge in [0.2, 0.25) is 0 Å². The van der Waals surface area contributed by atoms with Gasteiger partial charge in [0.1, 0.15) is 0 Å². The fraction of sp³-hybridized carbons (Fsp3) is 0.667. The van der Waals surface area contributed by atoms with Crippen LogP contribution in [-0.2, 0) is 4.74 Å². The summed E-state index contributed by atoms with van der Waals surface area (Å²) in [7, 11) is 0. The van der Waals surface area contributed by atoms with Crippen molar-refractivity contribution in [2.24, 2.45) is 0 Å². The zero-order valence-corrected chi connectivity index (χ0v) is 4.61. The van der Waals surface area contributed by atoms with Crippen molar-refractivity contribution in [3.63, 3.8) is 0 Å². The minimum absolute atomic E-state index is 0.906. The minimum atomic E-state index is 0.906. The highest BCUT2D eigenvalue weighted by Gasteiger charge is 1.99. The normalized spacial score (nSPS) is 18.7. The average Bonchev–Trinajstić information content (AvgIpc) is 2.14. The molecule has 0 atom stereocenters. The van der Waals surface area contributed by atoms with Crippen molar-refractivity contribution in [2.75, 3.05) is 6.61 Å². The van der Waals surface area contributed by atoms with Crippen molar-refractivity contribution < 1.29 is 4.74 Å². The summed E-state index contributed by atoms with van der Waals surface area (Å²) < 4.78 is 5.16. The smallest absolute Gasteiger partial charge is 0.0918 e. The fourth-order valence-corrected chi connectivity index (χ4v) is 0.715. The molecule has 0 aliphatic carbocycles. The van der Waals surface area contributed by atoms with E-state index in [0.29, 0.717) is 0 Å². The van der Waals surface area contributed by atoms with Crippen LogP contribution in [0, 0.1) is 0 Å². The van der Waals surface area contributed by atoms with Crippen LogP contribution in [-0.4, -0.2) is 6.61 Å². The topological polar surface area (TPSA) is 9.23 Å². The van der Waals surface area contributed by atoms with Crippen LogP contribution in [0.4, 0.5) is 0 Å². The number of ether oxygens (including phenoxy) is 1. The molecule has 0 aromatic carbocycles. The van der Waals surface area contributed by atoms with Gasteiger partial charge in [-0.3, -0.25) is 0 Å². The molecule has 0 radical (unpaired) electrons. The minimum Gasteiger partial charge on any atom is -0.498 e. The Morgan fingerprint density at radius 2 is 2.71 bits per heavy atom. The first-order valence-corrected chi connectivity index (χ1v) is 2.75. The second-order valence-corrected chi connectivity index (χ2v) is 1.66. The molecule has 40 valence electrons. The van der Waals surface area contributed by atoms with Gasteiger partial charge in [-0.1, -0.05) is 6.92 Å². The maximum absolute atomic E-state index is 5.16. The van der Waals surface area contributed by atoms with Gasteiger partial charge in [-0.25, -0.2) is 0 Å². The summed E-state index contributed by atoms with van der Waals surface area (Å²) in [5.41, 5.74) is 0. The molecular formula is C6H10O. The van der Waals surface area contributed by atoms with Crippen LogP contribution >= 0.6 is 0 Å². The maximum Gasteiger partial charge on any atom is 0.0918 e. The maximum atomic E-state index is 5.16. The molecule has 1 heterocycles. The predicted octanol–water partition coefficient (Wildman–Crippen LogP) is 1.70. The summed E-state index contributed by atoms with van der Waals surface area (Å²) in [6.45, 7) is 3.01. The van der Waals surface area contributed by atoms with E-state index in [1.165, 1.54) is 5.76 Å². The first-order chi connectivity index (χ1) is 3.43. The van der Waals surface area contributed by atoms with Gasteiger partial charge >= 0.3 is 0 Å². The van der Waals surface area contributed by atoms with Crippen molar-refractivity contribution in [3.8, 4) is 0 Å². The summed E-state index contributed by atoms with van der Waals surface area (Å²) >= 11 is 0. The van der Waals surface area contributed by atoms with Crippen LogP contribution in [0.1, 0.15) is 19.8 Å². The number of allylic oxidation sites excluding steroid dienone is 1. The number of hydrogen-bond donors (Lipinski definition) is 0. The molecule has 0 N–H and O–H groups in total. The average molecular weight is 98.1 g/mol. The number of rotatable bonds is 1. The third kappa shape index (κ3) is 0.952. The van der Waals surface area contributed by atoms with Crippen LogP contribution in [0.2, 0.25) is 0 Å². The summed E-state index contributed by atoms with van der Waals surface area (Å²) in [5.74, 6) is 1.17. The van der Waals surface area contributed by atoms with E-state index in [0.717, 1.165) is 19.4 Å². The highest BCUT2D eigenvalue weighted by atomic mass is 16.5. The molecule has 0 amide bonds. The first-order valence-electron chi connectivity index (χ1n) is 2.75. The molecule has 0 aromatic heterocycles. The standard InChI is InChI=1S/C6H10O/c1-2-6-4-3-5-7-6/h4H,2-3,5H2,1H3. The Kier molecular flexibility index (Phi) is 1.35. The molecule has 7 heavy (non-hydrogen) atoms. The Balaban J connectivity index is 2.36. The van der Waals surface area contributed by atoms with Crippen molar-refractivity contribution >= 4 is 0 Å². The highest BCUT2D eigenvalue weighted by molar-refractivity contribution is 4.96. The van der Waals surface area contributed by atoms with E-state index in [1.54, 1.807) is 0 Å². The Labute approximate surface area is 44.0 Å². The van der Waals surface area contributed by atoms with Crippen molar-refractivity contribution in [1.29, 1.82) is 0 Å². The molecule has 1 rings (SSSR count). The third-order valence-electron chi connectivity index (χ3n) is 1.13. The first kappa shape index (κ1) is 4.69. The number of hydrogen-bond acceptors (Lipinski definition) is 1. The quantitative estimate of drug-likeness (QED) is 0.485. The molecule has 1 aliphatic heterocycles. The Bertz CT molecular complexity index is 84.2.